The van der Waals surface area contributed by atoms with E-state index < -0.39 is 24.3 Å². The van der Waals surface area contributed by atoms with E-state index in [-0.39, 0.29) is 38.6 Å². The molecule has 0 aliphatic carbocycles. The standard InChI is InChI=1S/C70H119NO8/c1-6-8-10-12-14-16-18-20-22-24-26-28-30-31-32-33-34-35-36-37-39-40-42-44-46-48-50-52-54-56-58-60-67(72)77-64-66(65-78-70(69(74)75)76-63-62-71(3,4)5)79-68(73)61-59-57-55-53-51-49-47-45-43-41-38-29-27-25-23-21-19-17-15-13-11-9-7-2/h8-11,14-17,20-23,26-29,41,43,66,70H,6-7,12-13,18-19,24-25,30-40,42,44-65H2,1-5H3/b10-8-,11-9-,16-14-,17-15-,22-20-,23-21-,28-26-,29-27-,43-41-. The Bertz CT molecular complexity index is 1660. The normalized spacial score (nSPS) is 13.5. The zero-order valence-electron chi connectivity index (χ0n) is 51.5. The zero-order chi connectivity index (χ0) is 57.6. The van der Waals surface area contributed by atoms with Gasteiger partial charge in [-0.3, -0.25) is 9.59 Å². The smallest absolute Gasteiger partial charge is 0.306 e. The van der Waals surface area contributed by atoms with Gasteiger partial charge < -0.3 is 33.3 Å². The molecule has 0 fully saturated rings. The second-order valence-electron chi connectivity index (χ2n) is 22.3. The summed E-state index contributed by atoms with van der Waals surface area (Å²) in [5.74, 6) is -2.30. The lowest BCUT2D eigenvalue weighted by Gasteiger charge is -2.26. The maximum Gasteiger partial charge on any atom is 0.306 e. The van der Waals surface area contributed by atoms with Crippen molar-refractivity contribution in [3.8, 4) is 0 Å². The number of carboxylic acids is 1. The molecule has 0 aromatic heterocycles. The molecule has 9 heteroatoms. The fourth-order valence-corrected chi connectivity index (χ4v) is 8.67. The van der Waals surface area contributed by atoms with Crippen LogP contribution >= 0.6 is 0 Å². The number of carbonyl (C=O) groups excluding carboxylic acids is 3. The summed E-state index contributed by atoms with van der Waals surface area (Å²) < 4.78 is 22.7. The Hall–Kier alpha value is -4.05. The van der Waals surface area contributed by atoms with E-state index in [1.807, 2.05) is 21.1 Å². The molecule has 0 radical (unpaired) electrons. The van der Waals surface area contributed by atoms with Gasteiger partial charge in [-0.05, 0) is 96.3 Å². The Balaban J connectivity index is 4.17. The molecule has 2 unspecified atom stereocenters. The van der Waals surface area contributed by atoms with E-state index in [1.54, 1.807) is 0 Å². The van der Waals surface area contributed by atoms with Crippen LogP contribution in [0.5, 0.6) is 0 Å². The number of quaternary nitrogens is 1. The predicted octanol–water partition coefficient (Wildman–Crippen LogP) is 18.1. The Labute approximate surface area is 485 Å². The highest BCUT2D eigenvalue weighted by Gasteiger charge is 2.22. The largest absolute Gasteiger partial charge is 0.545 e. The number of likely N-dealkylation sites (N-methyl/N-ethyl adjacent to an activating group) is 1. The first-order chi connectivity index (χ1) is 38.6. The van der Waals surface area contributed by atoms with E-state index in [0.29, 0.717) is 17.4 Å². The number of ether oxygens (including phenoxy) is 4. The highest BCUT2D eigenvalue weighted by atomic mass is 16.7. The SMILES string of the molecule is CC/C=C\C/C=C\C/C=C\C/C=C\C/C=C\CCCCCCCCCC(=O)OC(COC(=O)CCCCCCCCCCCCCCCCCCCC/C=C\C/C=C\C/C=C\C/C=C\CC)COC(OCC[N+](C)(C)C)C(=O)[O-]. The van der Waals surface area contributed by atoms with Crippen molar-refractivity contribution < 1.29 is 42.9 Å². The van der Waals surface area contributed by atoms with E-state index in [2.05, 4.69) is 123 Å². The summed E-state index contributed by atoms with van der Waals surface area (Å²) in [6.45, 7) is 4.52. The minimum absolute atomic E-state index is 0.141. The molecule has 9 nitrogen and oxygen atoms in total. The molecule has 0 amide bonds. The van der Waals surface area contributed by atoms with Crippen LogP contribution < -0.4 is 5.11 Å². The number of hydrogen-bond acceptors (Lipinski definition) is 8. The van der Waals surface area contributed by atoms with Crippen LogP contribution in [0.15, 0.2) is 109 Å². The van der Waals surface area contributed by atoms with Crippen molar-refractivity contribution in [3.63, 3.8) is 0 Å². The average Bonchev–Trinajstić information content (AvgIpc) is 3.42. The number of carbonyl (C=O) groups is 3. The molecule has 0 spiro atoms. The summed E-state index contributed by atoms with van der Waals surface area (Å²) in [6, 6.07) is 0. The van der Waals surface area contributed by atoms with Crippen LogP contribution in [0.2, 0.25) is 0 Å². The van der Waals surface area contributed by atoms with E-state index in [1.165, 1.54) is 122 Å². The van der Waals surface area contributed by atoms with Crippen LogP contribution in [0.4, 0.5) is 0 Å². The van der Waals surface area contributed by atoms with Gasteiger partial charge in [0.2, 0.25) is 0 Å². The summed E-state index contributed by atoms with van der Waals surface area (Å²) in [5.41, 5.74) is 0. The third-order valence-electron chi connectivity index (χ3n) is 13.5. The Morgan fingerprint density at radius 1 is 0.380 bits per heavy atom. The Morgan fingerprint density at radius 2 is 0.684 bits per heavy atom. The lowest BCUT2D eigenvalue weighted by molar-refractivity contribution is -0.870. The first-order valence-corrected chi connectivity index (χ1v) is 32.0. The minimum atomic E-state index is -1.63. The molecule has 452 valence electrons. The molecule has 79 heavy (non-hydrogen) atoms. The minimum Gasteiger partial charge on any atom is -0.545 e. The molecule has 0 saturated carbocycles. The lowest BCUT2D eigenvalue weighted by atomic mass is 10.0. The molecule has 0 aliphatic heterocycles. The lowest BCUT2D eigenvalue weighted by Crippen LogP contribution is -2.44. The predicted molar refractivity (Wildman–Crippen MR) is 333 cm³/mol. The number of nitrogens with zero attached hydrogens (tertiary/aromatic N) is 1. The van der Waals surface area contributed by atoms with Crippen LogP contribution in [0.1, 0.15) is 258 Å². The molecular weight excluding hydrogens is 983 g/mol. The van der Waals surface area contributed by atoms with Gasteiger partial charge in [-0.2, -0.15) is 0 Å². The molecule has 0 bridgehead atoms. The number of unbranched alkanes of at least 4 members (excludes halogenated alkanes) is 25. The van der Waals surface area contributed by atoms with E-state index >= 15 is 0 Å². The first-order valence-electron chi connectivity index (χ1n) is 32.0. The van der Waals surface area contributed by atoms with Crippen LogP contribution in [-0.2, 0) is 33.3 Å². The van der Waals surface area contributed by atoms with E-state index in [0.717, 1.165) is 103 Å². The van der Waals surface area contributed by atoms with Gasteiger partial charge in [0.15, 0.2) is 12.4 Å². The molecular formula is C70H119NO8. The molecule has 0 rings (SSSR count). The van der Waals surface area contributed by atoms with Gasteiger partial charge in [0, 0.05) is 12.8 Å². The van der Waals surface area contributed by atoms with Gasteiger partial charge in [-0.1, -0.05) is 258 Å². The number of aliphatic carboxylic acids is 1. The van der Waals surface area contributed by atoms with E-state index in [4.69, 9.17) is 18.9 Å². The number of rotatable bonds is 58. The highest BCUT2D eigenvalue weighted by molar-refractivity contribution is 5.70. The fraction of sp³-hybridized carbons (Fsp3) is 0.700. The van der Waals surface area contributed by atoms with E-state index in [9.17, 15) is 19.5 Å². The maximum absolute atomic E-state index is 12.9. The number of carboxylic acid groups (broad SMARTS) is 1. The van der Waals surface area contributed by atoms with Crippen LogP contribution in [0.3, 0.4) is 0 Å². The van der Waals surface area contributed by atoms with Crippen molar-refractivity contribution in [1.82, 2.24) is 0 Å². The molecule has 0 aliphatic rings. The fourth-order valence-electron chi connectivity index (χ4n) is 8.67. The van der Waals surface area contributed by atoms with Crippen LogP contribution in [0, 0.1) is 0 Å². The van der Waals surface area contributed by atoms with Crippen LogP contribution in [-0.4, -0.2) is 82.3 Å². The maximum atomic E-state index is 12.9. The molecule has 0 N–H and O–H groups in total. The summed E-state index contributed by atoms with van der Waals surface area (Å²) in [5, 5.41) is 11.8. The van der Waals surface area contributed by atoms with Gasteiger partial charge in [0.05, 0.1) is 40.3 Å². The quantitative estimate of drug-likeness (QED) is 0.0195. The van der Waals surface area contributed by atoms with Crippen molar-refractivity contribution in [3.05, 3.63) is 109 Å². The summed E-state index contributed by atoms with van der Waals surface area (Å²) >= 11 is 0. The summed E-state index contributed by atoms with van der Waals surface area (Å²) in [7, 11) is 5.92. The number of allylic oxidation sites excluding steroid dienone is 18. The van der Waals surface area contributed by atoms with Crippen molar-refractivity contribution in [2.45, 2.75) is 270 Å². The van der Waals surface area contributed by atoms with Crippen molar-refractivity contribution in [1.29, 1.82) is 0 Å². The van der Waals surface area contributed by atoms with Gasteiger partial charge in [0.25, 0.3) is 0 Å². The van der Waals surface area contributed by atoms with Gasteiger partial charge in [0.1, 0.15) is 13.2 Å². The summed E-state index contributed by atoms with van der Waals surface area (Å²) in [6.07, 6.45) is 80.1. The molecule has 0 saturated heterocycles. The highest BCUT2D eigenvalue weighted by Crippen LogP contribution is 2.17. The van der Waals surface area contributed by atoms with Crippen molar-refractivity contribution >= 4 is 17.9 Å². The van der Waals surface area contributed by atoms with Crippen LogP contribution in [0.25, 0.3) is 0 Å². The molecule has 2 atom stereocenters. The van der Waals surface area contributed by atoms with Gasteiger partial charge in [-0.15, -0.1) is 0 Å². The number of esters is 2. The van der Waals surface area contributed by atoms with Gasteiger partial charge in [-0.25, -0.2) is 0 Å². The second-order valence-corrected chi connectivity index (χ2v) is 22.3. The molecule has 0 heterocycles. The van der Waals surface area contributed by atoms with Crippen molar-refractivity contribution in [2.75, 3.05) is 47.5 Å². The molecule has 0 aromatic carbocycles. The Kier molecular flexibility index (Phi) is 57.0. The topological polar surface area (TPSA) is 111 Å². The van der Waals surface area contributed by atoms with Gasteiger partial charge >= 0.3 is 11.9 Å². The average molecular weight is 1100 g/mol. The zero-order valence-corrected chi connectivity index (χ0v) is 51.5. The Morgan fingerprint density at radius 3 is 1.01 bits per heavy atom. The third kappa shape index (κ3) is 61.4. The monoisotopic (exact) mass is 1100 g/mol. The third-order valence-corrected chi connectivity index (χ3v) is 13.5. The number of hydrogen-bond donors (Lipinski definition) is 0. The second kappa shape index (κ2) is 60.1. The van der Waals surface area contributed by atoms with Crippen molar-refractivity contribution in [2.24, 2.45) is 0 Å². The molecule has 0 aromatic rings. The first kappa shape index (κ1) is 75.0. The summed E-state index contributed by atoms with van der Waals surface area (Å²) in [4.78, 5) is 37.4.